The van der Waals surface area contributed by atoms with Crippen LogP contribution in [0.1, 0.15) is 49.0 Å². The minimum atomic E-state index is -0.273. The second-order valence-corrected chi connectivity index (χ2v) is 9.71. The van der Waals surface area contributed by atoms with Crippen molar-refractivity contribution in [1.82, 2.24) is 19.9 Å². The zero-order valence-electron chi connectivity index (χ0n) is 24.6. The second kappa shape index (κ2) is 15.4. The van der Waals surface area contributed by atoms with Gasteiger partial charge in [-0.3, -0.25) is 24.8 Å². The van der Waals surface area contributed by atoms with Crippen molar-refractivity contribution in [3.63, 3.8) is 0 Å². The molecule has 3 heterocycles. The van der Waals surface area contributed by atoms with Crippen molar-refractivity contribution in [3.05, 3.63) is 95.3 Å². The van der Waals surface area contributed by atoms with Gasteiger partial charge in [0.25, 0.3) is 11.8 Å². The van der Waals surface area contributed by atoms with Crippen LogP contribution in [0.15, 0.2) is 67.1 Å². The molecule has 224 valence electrons. The lowest BCUT2D eigenvalue weighted by Crippen LogP contribution is -2.27. The fourth-order valence-electron chi connectivity index (χ4n) is 3.75. The summed E-state index contributed by atoms with van der Waals surface area (Å²) < 4.78 is 1.65. The molecule has 0 fully saturated rings. The quantitative estimate of drug-likeness (QED) is 0.0884. The van der Waals surface area contributed by atoms with E-state index in [-0.39, 0.29) is 17.6 Å². The van der Waals surface area contributed by atoms with Gasteiger partial charge in [-0.05, 0) is 48.0 Å². The molecule has 0 aliphatic carbocycles. The molecular formula is C31H37N9O3. The van der Waals surface area contributed by atoms with Gasteiger partial charge in [-0.1, -0.05) is 18.2 Å². The summed E-state index contributed by atoms with van der Waals surface area (Å²) in [6, 6.07) is 15.0. The molecule has 4 aromatic rings. The van der Waals surface area contributed by atoms with Crippen LogP contribution in [0.25, 0.3) is 12.2 Å². The maximum Gasteiger partial charge on any atom is 0.267 e. The van der Waals surface area contributed by atoms with E-state index in [9.17, 15) is 14.4 Å². The first kappa shape index (κ1) is 31.9. The number of benzene rings is 1. The van der Waals surface area contributed by atoms with Crippen LogP contribution in [0.2, 0.25) is 0 Å². The molecule has 3 aromatic heterocycles. The summed E-state index contributed by atoms with van der Waals surface area (Å²) in [7, 11) is 7.54. The summed E-state index contributed by atoms with van der Waals surface area (Å²) in [5.74, 6) is -0.402. The van der Waals surface area contributed by atoms with E-state index in [4.69, 9.17) is 11.1 Å². The average molecular weight is 584 g/mol. The number of carbonyl (C=O) groups excluding carboxylic acids is 3. The summed E-state index contributed by atoms with van der Waals surface area (Å²) >= 11 is 0. The second-order valence-electron chi connectivity index (χ2n) is 9.71. The normalized spacial score (nSPS) is 10.4. The third-order valence-electron chi connectivity index (χ3n) is 6.22. The molecule has 0 aliphatic rings. The topological polar surface area (TPSA) is 174 Å². The number of H-pyrrole nitrogens is 1. The van der Waals surface area contributed by atoms with Crippen molar-refractivity contribution < 1.29 is 14.4 Å². The number of pyridine rings is 1. The fraction of sp³-hybridized carbons (Fsp3) is 0.194. The van der Waals surface area contributed by atoms with Crippen LogP contribution >= 0.6 is 0 Å². The Labute approximate surface area is 250 Å². The Bertz CT molecular complexity index is 1570. The van der Waals surface area contributed by atoms with Crippen molar-refractivity contribution in [1.29, 1.82) is 5.41 Å². The van der Waals surface area contributed by atoms with Crippen LogP contribution in [0.3, 0.4) is 0 Å². The van der Waals surface area contributed by atoms with Crippen LogP contribution in [0, 0.1) is 5.41 Å². The highest BCUT2D eigenvalue weighted by Crippen LogP contribution is 2.15. The third kappa shape index (κ3) is 9.74. The summed E-state index contributed by atoms with van der Waals surface area (Å²) in [5.41, 5.74) is 11.0. The Morgan fingerprint density at radius 3 is 2.37 bits per heavy atom. The lowest BCUT2D eigenvalue weighted by Gasteiger charge is -2.11. The van der Waals surface area contributed by atoms with E-state index in [2.05, 4.69) is 38.1 Å². The first-order valence-corrected chi connectivity index (χ1v) is 13.4. The van der Waals surface area contributed by atoms with Gasteiger partial charge < -0.3 is 36.1 Å². The van der Waals surface area contributed by atoms with E-state index in [1.165, 1.54) is 6.20 Å². The molecule has 12 nitrogen and oxygen atoms in total. The number of aromatic nitrogens is 3. The molecule has 0 atom stereocenters. The van der Waals surface area contributed by atoms with E-state index in [0.29, 0.717) is 35.6 Å². The number of nitrogens with zero attached hydrogens (tertiary/aromatic N) is 3. The SMILES string of the molecule is CN(C)c1ccc(/C=C/c2ccc(C(=O)Nc3cc(C=O)n(C)c3)cn2)cc1.CNc1c[nH]c(C(=O)NCCC(=N)N)c1. The molecule has 0 radical (unpaired) electrons. The lowest BCUT2D eigenvalue weighted by atomic mass is 10.1. The highest BCUT2D eigenvalue weighted by Gasteiger charge is 2.09. The number of aryl methyl sites for hydroxylation is 1. The van der Waals surface area contributed by atoms with Gasteiger partial charge in [-0.15, -0.1) is 0 Å². The smallest absolute Gasteiger partial charge is 0.267 e. The van der Waals surface area contributed by atoms with Gasteiger partial charge >= 0.3 is 0 Å². The monoisotopic (exact) mass is 583 g/mol. The molecule has 0 saturated carbocycles. The first-order chi connectivity index (χ1) is 20.6. The predicted molar refractivity (Wildman–Crippen MR) is 172 cm³/mol. The number of amides is 2. The van der Waals surface area contributed by atoms with Crippen LogP contribution < -0.4 is 26.6 Å². The largest absolute Gasteiger partial charge is 0.388 e. The van der Waals surface area contributed by atoms with Gasteiger partial charge in [0.05, 0.1) is 34.2 Å². The van der Waals surface area contributed by atoms with E-state index >= 15 is 0 Å². The Hall–Kier alpha value is -5.65. The summed E-state index contributed by atoms with van der Waals surface area (Å²) in [6.45, 7) is 0.377. The zero-order chi connectivity index (χ0) is 31.4. The number of amidine groups is 1. The van der Waals surface area contributed by atoms with Crippen LogP contribution in [0.5, 0.6) is 0 Å². The number of aldehydes is 1. The van der Waals surface area contributed by atoms with Crippen molar-refractivity contribution in [3.8, 4) is 0 Å². The molecule has 1 aromatic carbocycles. The van der Waals surface area contributed by atoms with Gasteiger partial charge in [-0.25, -0.2) is 0 Å². The van der Waals surface area contributed by atoms with Crippen molar-refractivity contribution in [2.24, 2.45) is 12.8 Å². The maximum atomic E-state index is 12.3. The molecular weight excluding hydrogens is 546 g/mol. The van der Waals surface area contributed by atoms with Gasteiger partial charge in [0, 0.05) is 65.4 Å². The highest BCUT2D eigenvalue weighted by atomic mass is 16.2. The summed E-state index contributed by atoms with van der Waals surface area (Å²) in [5, 5.41) is 15.3. The Kier molecular flexibility index (Phi) is 11.4. The zero-order valence-corrected chi connectivity index (χ0v) is 24.6. The van der Waals surface area contributed by atoms with Gasteiger partial charge in [0.2, 0.25) is 0 Å². The van der Waals surface area contributed by atoms with Crippen molar-refractivity contribution in [2.75, 3.05) is 43.2 Å². The standard InChI is InChI=1S/C22H22N4O2.C9H15N5O/c1-25(2)20-10-5-16(6-11-20)4-8-18-9-7-17(13-23-18)22(28)24-19-12-21(15-27)26(3)14-19;1-12-6-4-7(14-5-6)9(15)13-3-2-8(10)11/h4-15H,1-3H3,(H,24,28);4-5,12,14H,2-3H2,1H3,(H3,10,11)(H,13,15)/b8-4+;. The van der Waals surface area contributed by atoms with E-state index in [0.717, 1.165) is 28.9 Å². The molecule has 0 saturated heterocycles. The summed E-state index contributed by atoms with van der Waals surface area (Å²) in [6.07, 6.45) is 9.92. The fourth-order valence-corrected chi connectivity index (χ4v) is 3.75. The number of anilines is 3. The van der Waals surface area contributed by atoms with Gasteiger partial charge in [0.15, 0.2) is 6.29 Å². The van der Waals surface area contributed by atoms with Gasteiger partial charge in [-0.2, -0.15) is 0 Å². The third-order valence-corrected chi connectivity index (χ3v) is 6.22. The molecule has 0 spiro atoms. The molecule has 2 amide bonds. The van der Waals surface area contributed by atoms with Crippen LogP contribution in [0.4, 0.5) is 17.1 Å². The van der Waals surface area contributed by atoms with E-state index < -0.39 is 0 Å². The number of hydrogen-bond acceptors (Lipinski definition) is 7. The number of aromatic amines is 1. The minimum Gasteiger partial charge on any atom is -0.388 e. The van der Waals surface area contributed by atoms with Crippen LogP contribution in [-0.4, -0.2) is 66.2 Å². The average Bonchev–Trinajstić information content (AvgIpc) is 3.62. The van der Waals surface area contributed by atoms with Crippen molar-refractivity contribution in [2.45, 2.75) is 6.42 Å². The molecule has 4 rings (SSSR count). The number of nitrogens with one attached hydrogen (secondary N) is 5. The highest BCUT2D eigenvalue weighted by molar-refractivity contribution is 6.04. The molecule has 12 heteroatoms. The van der Waals surface area contributed by atoms with E-state index in [1.54, 1.807) is 55.3 Å². The van der Waals surface area contributed by atoms with Crippen LogP contribution in [-0.2, 0) is 7.05 Å². The number of nitrogens with two attached hydrogens (primary N) is 1. The molecule has 0 unspecified atom stereocenters. The lowest BCUT2D eigenvalue weighted by molar-refractivity contribution is 0.0949. The Balaban J connectivity index is 0.000000285. The maximum absolute atomic E-state index is 12.3. The Morgan fingerprint density at radius 1 is 1.07 bits per heavy atom. The molecule has 43 heavy (non-hydrogen) atoms. The number of carbonyl (C=O) groups is 3. The summed E-state index contributed by atoms with van der Waals surface area (Å²) in [4.78, 5) is 43.9. The van der Waals surface area contributed by atoms with E-state index in [1.807, 2.05) is 43.3 Å². The molecule has 7 N–H and O–H groups in total. The number of rotatable bonds is 11. The Morgan fingerprint density at radius 2 is 1.81 bits per heavy atom. The van der Waals surface area contributed by atoms with Crippen molar-refractivity contribution >= 4 is 53.2 Å². The van der Waals surface area contributed by atoms with Gasteiger partial charge in [0.1, 0.15) is 5.69 Å². The molecule has 0 bridgehead atoms. The molecule has 0 aliphatic heterocycles. The minimum absolute atomic E-state index is 0.0673. The number of hydrogen-bond donors (Lipinski definition) is 6. The predicted octanol–water partition coefficient (Wildman–Crippen LogP) is 3.83. The first-order valence-electron chi connectivity index (χ1n) is 13.4.